The molecule has 3 aromatic carbocycles. The van der Waals surface area contributed by atoms with Crippen molar-refractivity contribution >= 4 is 28.5 Å². The van der Waals surface area contributed by atoms with E-state index in [9.17, 15) is 9.59 Å². The Bertz CT molecular complexity index is 1240. The highest BCUT2D eigenvalue weighted by molar-refractivity contribution is 5.94. The van der Waals surface area contributed by atoms with Crippen molar-refractivity contribution in [2.75, 3.05) is 5.32 Å². The lowest BCUT2D eigenvalue weighted by molar-refractivity contribution is -0.116. The van der Waals surface area contributed by atoms with Crippen molar-refractivity contribution in [2.24, 2.45) is 0 Å². The van der Waals surface area contributed by atoms with Crippen LogP contribution < -0.4 is 10.6 Å². The number of carbonyl (C=O) groups is 2. The van der Waals surface area contributed by atoms with Crippen molar-refractivity contribution in [3.63, 3.8) is 0 Å². The number of imidazole rings is 1. The number of amides is 2. The molecule has 0 saturated heterocycles. The van der Waals surface area contributed by atoms with E-state index in [4.69, 9.17) is 0 Å². The Morgan fingerprint density at radius 2 is 1.61 bits per heavy atom. The molecule has 6 heteroatoms. The van der Waals surface area contributed by atoms with Gasteiger partial charge >= 0.3 is 0 Å². The van der Waals surface area contributed by atoms with Gasteiger partial charge in [0.25, 0.3) is 5.91 Å². The molecular formula is C25H24N4O2. The second kappa shape index (κ2) is 8.83. The number of hydrogen-bond acceptors (Lipinski definition) is 3. The molecule has 0 spiro atoms. The SMILES string of the molecule is Cc1ccc(C(=O)NCc2nc3ccccc3n2CC(=O)Nc2ccccc2C)cc1. The fourth-order valence-electron chi connectivity index (χ4n) is 3.45. The maximum atomic E-state index is 12.8. The summed E-state index contributed by atoms with van der Waals surface area (Å²) < 4.78 is 1.85. The molecule has 0 radical (unpaired) electrons. The van der Waals surface area contributed by atoms with Crippen molar-refractivity contribution in [3.8, 4) is 0 Å². The highest BCUT2D eigenvalue weighted by atomic mass is 16.2. The summed E-state index contributed by atoms with van der Waals surface area (Å²) in [4.78, 5) is 29.9. The molecule has 0 aliphatic rings. The molecule has 4 rings (SSSR count). The fraction of sp³-hybridized carbons (Fsp3) is 0.160. The molecule has 0 aliphatic heterocycles. The predicted molar refractivity (Wildman–Crippen MR) is 122 cm³/mol. The molecule has 31 heavy (non-hydrogen) atoms. The third kappa shape index (κ3) is 4.64. The summed E-state index contributed by atoms with van der Waals surface area (Å²) in [6.07, 6.45) is 0. The molecule has 0 bridgehead atoms. The third-order valence-electron chi connectivity index (χ3n) is 5.18. The smallest absolute Gasteiger partial charge is 0.251 e. The second-order valence-electron chi connectivity index (χ2n) is 7.51. The lowest BCUT2D eigenvalue weighted by Gasteiger charge is -2.12. The summed E-state index contributed by atoms with van der Waals surface area (Å²) in [5.74, 6) is 0.299. The summed E-state index contributed by atoms with van der Waals surface area (Å²) in [6, 6.07) is 22.7. The zero-order valence-corrected chi connectivity index (χ0v) is 17.6. The first-order chi connectivity index (χ1) is 15.0. The quantitative estimate of drug-likeness (QED) is 0.498. The Balaban J connectivity index is 1.54. The topological polar surface area (TPSA) is 76.0 Å². The maximum Gasteiger partial charge on any atom is 0.251 e. The van der Waals surface area contributed by atoms with Gasteiger partial charge in [-0.3, -0.25) is 9.59 Å². The number of para-hydroxylation sites is 3. The molecule has 4 aromatic rings. The molecule has 2 N–H and O–H groups in total. The first kappa shape index (κ1) is 20.3. The first-order valence-electron chi connectivity index (χ1n) is 10.2. The molecule has 2 amide bonds. The zero-order valence-electron chi connectivity index (χ0n) is 17.6. The van der Waals surface area contributed by atoms with Crippen LogP contribution in [-0.4, -0.2) is 21.4 Å². The minimum absolute atomic E-state index is 0.102. The van der Waals surface area contributed by atoms with Gasteiger partial charge in [-0.15, -0.1) is 0 Å². The number of anilines is 1. The number of benzene rings is 3. The summed E-state index contributed by atoms with van der Waals surface area (Å²) in [6.45, 7) is 4.25. The highest BCUT2D eigenvalue weighted by Crippen LogP contribution is 2.18. The minimum Gasteiger partial charge on any atom is -0.345 e. The second-order valence-corrected chi connectivity index (χ2v) is 7.51. The van der Waals surface area contributed by atoms with Gasteiger partial charge in [0, 0.05) is 11.3 Å². The van der Waals surface area contributed by atoms with E-state index < -0.39 is 0 Å². The van der Waals surface area contributed by atoms with Crippen LogP contribution >= 0.6 is 0 Å². The first-order valence-corrected chi connectivity index (χ1v) is 10.2. The largest absolute Gasteiger partial charge is 0.345 e. The van der Waals surface area contributed by atoms with Gasteiger partial charge in [-0.05, 0) is 49.7 Å². The Hall–Kier alpha value is -3.93. The highest BCUT2D eigenvalue weighted by Gasteiger charge is 2.15. The Morgan fingerprint density at radius 1 is 0.903 bits per heavy atom. The number of fused-ring (bicyclic) bond motifs is 1. The Labute approximate surface area is 180 Å². The molecule has 0 fully saturated rings. The molecule has 0 unspecified atom stereocenters. The van der Waals surface area contributed by atoms with Crippen LogP contribution in [0.4, 0.5) is 5.69 Å². The van der Waals surface area contributed by atoms with Crippen LogP contribution in [0, 0.1) is 13.8 Å². The monoisotopic (exact) mass is 412 g/mol. The van der Waals surface area contributed by atoms with Gasteiger partial charge in [-0.25, -0.2) is 4.98 Å². The van der Waals surface area contributed by atoms with Gasteiger partial charge < -0.3 is 15.2 Å². The number of aryl methyl sites for hydroxylation is 2. The normalized spacial score (nSPS) is 10.8. The predicted octanol–water partition coefficient (Wildman–Crippen LogP) is 4.22. The average molecular weight is 412 g/mol. The third-order valence-corrected chi connectivity index (χ3v) is 5.18. The number of aromatic nitrogens is 2. The van der Waals surface area contributed by atoms with Crippen LogP contribution in [0.3, 0.4) is 0 Å². The zero-order chi connectivity index (χ0) is 21.8. The lowest BCUT2D eigenvalue weighted by atomic mass is 10.1. The fourth-order valence-corrected chi connectivity index (χ4v) is 3.45. The number of nitrogens with zero attached hydrogens (tertiary/aromatic N) is 2. The van der Waals surface area contributed by atoms with Crippen molar-refractivity contribution in [1.29, 1.82) is 0 Å². The number of nitrogens with one attached hydrogen (secondary N) is 2. The van der Waals surface area contributed by atoms with E-state index >= 15 is 0 Å². The van der Waals surface area contributed by atoms with Crippen LogP contribution in [0.2, 0.25) is 0 Å². The van der Waals surface area contributed by atoms with Crippen molar-refractivity contribution in [2.45, 2.75) is 26.9 Å². The summed E-state index contributed by atoms with van der Waals surface area (Å²) in [5, 5.41) is 5.88. The van der Waals surface area contributed by atoms with E-state index in [1.54, 1.807) is 12.1 Å². The van der Waals surface area contributed by atoms with Crippen LogP contribution in [0.1, 0.15) is 27.3 Å². The number of hydrogen-bond donors (Lipinski definition) is 2. The van der Waals surface area contributed by atoms with Gasteiger partial charge in [0.05, 0.1) is 17.6 Å². The average Bonchev–Trinajstić information content (AvgIpc) is 3.11. The lowest BCUT2D eigenvalue weighted by Crippen LogP contribution is -2.26. The molecule has 0 atom stereocenters. The van der Waals surface area contributed by atoms with E-state index in [-0.39, 0.29) is 24.9 Å². The van der Waals surface area contributed by atoms with Gasteiger partial charge in [0.1, 0.15) is 12.4 Å². The van der Waals surface area contributed by atoms with Crippen molar-refractivity contribution in [1.82, 2.24) is 14.9 Å². The Kier molecular flexibility index (Phi) is 5.80. The van der Waals surface area contributed by atoms with Gasteiger partial charge in [0.15, 0.2) is 0 Å². The summed E-state index contributed by atoms with van der Waals surface area (Å²) in [7, 11) is 0. The van der Waals surface area contributed by atoms with E-state index in [0.29, 0.717) is 11.4 Å². The van der Waals surface area contributed by atoms with Crippen LogP contribution in [0.5, 0.6) is 0 Å². The molecule has 1 aromatic heterocycles. The van der Waals surface area contributed by atoms with Crippen molar-refractivity contribution < 1.29 is 9.59 Å². The molecular weight excluding hydrogens is 388 g/mol. The molecule has 0 saturated carbocycles. The number of rotatable bonds is 6. The van der Waals surface area contributed by atoms with Gasteiger partial charge in [0.2, 0.25) is 5.91 Å². The van der Waals surface area contributed by atoms with Crippen LogP contribution in [0.25, 0.3) is 11.0 Å². The van der Waals surface area contributed by atoms with E-state index in [2.05, 4.69) is 15.6 Å². The van der Waals surface area contributed by atoms with Gasteiger partial charge in [-0.1, -0.05) is 48.0 Å². The molecule has 1 heterocycles. The Morgan fingerprint density at radius 3 is 2.39 bits per heavy atom. The van der Waals surface area contributed by atoms with E-state index in [1.807, 2.05) is 79.1 Å². The number of carbonyl (C=O) groups excluding carboxylic acids is 2. The summed E-state index contributed by atoms with van der Waals surface area (Å²) in [5.41, 5.74) is 5.10. The summed E-state index contributed by atoms with van der Waals surface area (Å²) >= 11 is 0. The van der Waals surface area contributed by atoms with Crippen molar-refractivity contribution in [3.05, 3.63) is 95.3 Å². The maximum absolute atomic E-state index is 12.8. The van der Waals surface area contributed by atoms with E-state index in [1.165, 1.54) is 0 Å². The van der Waals surface area contributed by atoms with Gasteiger partial charge in [-0.2, -0.15) is 0 Å². The molecule has 0 aliphatic carbocycles. The van der Waals surface area contributed by atoms with E-state index in [0.717, 1.165) is 27.8 Å². The van der Waals surface area contributed by atoms with Crippen LogP contribution in [0.15, 0.2) is 72.8 Å². The molecule has 156 valence electrons. The van der Waals surface area contributed by atoms with Crippen LogP contribution in [-0.2, 0) is 17.9 Å². The standard InChI is InChI=1S/C25H24N4O2/c1-17-11-13-19(14-12-17)25(31)26-15-23-27-21-9-5-6-10-22(21)29(23)16-24(30)28-20-8-4-3-7-18(20)2/h3-14H,15-16H2,1-2H3,(H,26,31)(H,28,30). The molecule has 6 nitrogen and oxygen atoms in total. The minimum atomic E-state index is -0.178.